The third kappa shape index (κ3) is 47.2. The SMILES string of the molecule is CCCCC/C=C\CCCCCCCC(=O)OC[C@H](COC(=O)CCCCCCCCCCCCCCCCCCC)OC(=O)CCCCCCCCCCCCCCC. The summed E-state index contributed by atoms with van der Waals surface area (Å²) in [7, 11) is 0. The normalized spacial score (nSPS) is 12.0. The predicted molar refractivity (Wildman–Crippen MR) is 256 cm³/mol. The van der Waals surface area contributed by atoms with Crippen LogP contribution in [0.3, 0.4) is 0 Å². The van der Waals surface area contributed by atoms with Crippen LogP contribution < -0.4 is 0 Å². The molecule has 6 heteroatoms. The van der Waals surface area contributed by atoms with Crippen LogP contribution in [0.15, 0.2) is 12.2 Å². The van der Waals surface area contributed by atoms with Crippen molar-refractivity contribution in [3.63, 3.8) is 0 Å². The van der Waals surface area contributed by atoms with Crippen molar-refractivity contribution >= 4 is 17.9 Å². The van der Waals surface area contributed by atoms with Crippen molar-refractivity contribution in [2.75, 3.05) is 13.2 Å². The maximum absolute atomic E-state index is 12.8. The van der Waals surface area contributed by atoms with Gasteiger partial charge in [0.1, 0.15) is 13.2 Å². The van der Waals surface area contributed by atoms with Gasteiger partial charge in [-0.2, -0.15) is 0 Å². The fourth-order valence-electron chi connectivity index (χ4n) is 7.97. The Bertz CT molecular complexity index is 931. The first kappa shape index (κ1) is 58.1. The largest absolute Gasteiger partial charge is 0.462 e. The molecule has 0 aromatic heterocycles. The third-order valence-corrected chi connectivity index (χ3v) is 12.0. The summed E-state index contributed by atoms with van der Waals surface area (Å²) in [5.41, 5.74) is 0. The van der Waals surface area contributed by atoms with Gasteiger partial charge in [0.25, 0.3) is 0 Å². The molecule has 0 heterocycles. The summed E-state index contributed by atoms with van der Waals surface area (Å²) in [4.78, 5) is 38.0. The van der Waals surface area contributed by atoms with Crippen LogP contribution in [0.2, 0.25) is 0 Å². The average Bonchev–Trinajstić information content (AvgIpc) is 3.24. The monoisotopic (exact) mass is 847 g/mol. The Hall–Kier alpha value is -1.85. The molecule has 0 aliphatic carbocycles. The molecule has 0 bridgehead atoms. The van der Waals surface area contributed by atoms with Crippen LogP contribution in [0.1, 0.15) is 297 Å². The smallest absolute Gasteiger partial charge is 0.306 e. The highest BCUT2D eigenvalue weighted by molar-refractivity contribution is 5.71. The van der Waals surface area contributed by atoms with Gasteiger partial charge in [0.15, 0.2) is 6.10 Å². The van der Waals surface area contributed by atoms with Crippen LogP contribution in [0, 0.1) is 0 Å². The lowest BCUT2D eigenvalue weighted by molar-refractivity contribution is -0.167. The molecule has 0 aliphatic heterocycles. The Balaban J connectivity index is 4.30. The van der Waals surface area contributed by atoms with Gasteiger partial charge < -0.3 is 14.2 Å². The summed E-state index contributed by atoms with van der Waals surface area (Å²) in [6.45, 7) is 6.65. The van der Waals surface area contributed by atoms with Gasteiger partial charge in [-0.1, -0.05) is 245 Å². The van der Waals surface area contributed by atoms with E-state index in [1.807, 2.05) is 0 Å². The Labute approximate surface area is 373 Å². The fourth-order valence-corrected chi connectivity index (χ4v) is 7.97. The van der Waals surface area contributed by atoms with Crippen molar-refractivity contribution < 1.29 is 28.6 Å². The number of rotatable bonds is 49. The van der Waals surface area contributed by atoms with E-state index in [9.17, 15) is 14.4 Å². The second-order valence-corrected chi connectivity index (χ2v) is 18.2. The number of allylic oxidation sites excluding steroid dienone is 2. The number of carbonyl (C=O) groups excluding carboxylic acids is 3. The minimum absolute atomic E-state index is 0.0670. The molecule has 0 aliphatic rings. The molecule has 0 spiro atoms. The minimum Gasteiger partial charge on any atom is -0.462 e. The number of unbranched alkanes of at least 4 members (excludes halogenated alkanes) is 36. The third-order valence-electron chi connectivity index (χ3n) is 12.0. The predicted octanol–water partition coefficient (Wildman–Crippen LogP) is 17.4. The first-order chi connectivity index (χ1) is 29.5. The molecule has 0 aromatic carbocycles. The van der Waals surface area contributed by atoms with E-state index in [1.54, 1.807) is 0 Å². The van der Waals surface area contributed by atoms with E-state index in [1.165, 1.54) is 193 Å². The molecule has 6 nitrogen and oxygen atoms in total. The first-order valence-corrected chi connectivity index (χ1v) is 26.7. The molecule has 60 heavy (non-hydrogen) atoms. The molecule has 0 rings (SSSR count). The molecule has 0 aromatic rings. The van der Waals surface area contributed by atoms with Gasteiger partial charge >= 0.3 is 17.9 Å². The number of hydrogen-bond acceptors (Lipinski definition) is 6. The molecule has 0 saturated carbocycles. The van der Waals surface area contributed by atoms with Crippen molar-refractivity contribution in [1.82, 2.24) is 0 Å². The summed E-state index contributed by atoms with van der Waals surface area (Å²) < 4.78 is 16.8. The van der Waals surface area contributed by atoms with E-state index in [2.05, 4.69) is 32.9 Å². The van der Waals surface area contributed by atoms with E-state index in [0.717, 1.165) is 64.2 Å². The van der Waals surface area contributed by atoms with Crippen LogP contribution in [0.25, 0.3) is 0 Å². The molecular weight excluding hydrogens is 745 g/mol. The van der Waals surface area contributed by atoms with Crippen LogP contribution in [0.5, 0.6) is 0 Å². The zero-order valence-electron chi connectivity index (χ0n) is 40.5. The van der Waals surface area contributed by atoms with Crippen molar-refractivity contribution in [3.05, 3.63) is 12.2 Å². The number of esters is 3. The van der Waals surface area contributed by atoms with E-state index in [0.29, 0.717) is 19.3 Å². The summed E-state index contributed by atoms with van der Waals surface area (Å²) in [6, 6.07) is 0. The van der Waals surface area contributed by atoms with Gasteiger partial charge in [0.05, 0.1) is 0 Å². The summed E-state index contributed by atoms with van der Waals surface area (Å²) >= 11 is 0. The van der Waals surface area contributed by atoms with E-state index >= 15 is 0 Å². The van der Waals surface area contributed by atoms with Crippen LogP contribution in [0.4, 0.5) is 0 Å². The number of hydrogen-bond donors (Lipinski definition) is 0. The van der Waals surface area contributed by atoms with Gasteiger partial charge in [-0.3, -0.25) is 14.4 Å². The van der Waals surface area contributed by atoms with Gasteiger partial charge in [-0.15, -0.1) is 0 Å². The Morgan fingerprint density at radius 1 is 0.317 bits per heavy atom. The lowest BCUT2D eigenvalue weighted by Crippen LogP contribution is -2.30. The summed E-state index contributed by atoms with van der Waals surface area (Å²) in [6.07, 6.45) is 54.8. The quantitative estimate of drug-likeness (QED) is 0.0263. The molecule has 0 radical (unpaired) electrons. The van der Waals surface area contributed by atoms with E-state index in [4.69, 9.17) is 14.2 Å². The van der Waals surface area contributed by atoms with E-state index < -0.39 is 6.10 Å². The second-order valence-electron chi connectivity index (χ2n) is 18.2. The molecule has 1 atom stereocenters. The second kappa shape index (κ2) is 49.8. The highest BCUT2D eigenvalue weighted by Crippen LogP contribution is 2.17. The molecule has 0 fully saturated rings. The maximum Gasteiger partial charge on any atom is 0.306 e. The van der Waals surface area contributed by atoms with Gasteiger partial charge in [-0.25, -0.2) is 0 Å². The topological polar surface area (TPSA) is 78.9 Å². The lowest BCUT2D eigenvalue weighted by atomic mass is 10.0. The summed E-state index contributed by atoms with van der Waals surface area (Å²) in [5, 5.41) is 0. The minimum atomic E-state index is -0.766. The maximum atomic E-state index is 12.8. The number of ether oxygens (including phenoxy) is 3. The lowest BCUT2D eigenvalue weighted by Gasteiger charge is -2.18. The van der Waals surface area contributed by atoms with Gasteiger partial charge in [-0.05, 0) is 44.9 Å². The average molecular weight is 847 g/mol. The molecule has 0 N–H and O–H groups in total. The molecule has 354 valence electrons. The highest BCUT2D eigenvalue weighted by atomic mass is 16.6. The molecule has 0 saturated heterocycles. The summed E-state index contributed by atoms with van der Waals surface area (Å²) in [5.74, 6) is -0.858. The molecule has 0 amide bonds. The zero-order valence-corrected chi connectivity index (χ0v) is 40.5. The van der Waals surface area contributed by atoms with Crippen LogP contribution >= 0.6 is 0 Å². The zero-order chi connectivity index (χ0) is 43.7. The van der Waals surface area contributed by atoms with Crippen molar-refractivity contribution in [1.29, 1.82) is 0 Å². The van der Waals surface area contributed by atoms with Crippen molar-refractivity contribution in [2.45, 2.75) is 303 Å². The van der Waals surface area contributed by atoms with Crippen LogP contribution in [-0.4, -0.2) is 37.2 Å². The standard InChI is InChI=1S/C54H102O6/c1-4-7-10-13-16-19-22-25-26-27-28-30-32-35-38-41-44-47-53(56)59-50-51(49-58-52(55)46-43-40-37-34-31-24-21-18-15-12-9-6-3)60-54(57)48-45-42-39-36-33-29-23-20-17-14-11-8-5-2/h18,21,51H,4-17,19-20,22-50H2,1-3H3/b21-18-/t51-/m1/s1. The molecular formula is C54H102O6. The van der Waals surface area contributed by atoms with Crippen molar-refractivity contribution in [2.24, 2.45) is 0 Å². The van der Waals surface area contributed by atoms with Crippen molar-refractivity contribution in [3.8, 4) is 0 Å². The van der Waals surface area contributed by atoms with Gasteiger partial charge in [0, 0.05) is 19.3 Å². The Kier molecular flexibility index (Phi) is 48.3. The first-order valence-electron chi connectivity index (χ1n) is 26.7. The van der Waals surface area contributed by atoms with Crippen LogP contribution in [-0.2, 0) is 28.6 Å². The highest BCUT2D eigenvalue weighted by Gasteiger charge is 2.19. The Morgan fingerprint density at radius 2 is 0.550 bits per heavy atom. The Morgan fingerprint density at radius 3 is 0.867 bits per heavy atom. The molecule has 0 unspecified atom stereocenters. The number of carbonyl (C=O) groups is 3. The van der Waals surface area contributed by atoms with E-state index in [-0.39, 0.29) is 31.1 Å². The van der Waals surface area contributed by atoms with Gasteiger partial charge in [0.2, 0.25) is 0 Å². The fraction of sp³-hybridized carbons (Fsp3) is 0.907.